The molecule has 0 radical (unpaired) electrons. The van der Waals surface area contributed by atoms with Gasteiger partial charge in [-0.05, 0) is 87.5 Å². The molecule has 1 fully saturated rings. The van der Waals surface area contributed by atoms with E-state index in [-0.39, 0.29) is 5.52 Å². The minimum Gasteiger partial charge on any atom is -0.358 e. The number of fused-ring (bicyclic) bond motifs is 2. The van der Waals surface area contributed by atoms with Crippen molar-refractivity contribution in [1.29, 1.82) is 0 Å². The van der Waals surface area contributed by atoms with Gasteiger partial charge in [-0.25, -0.2) is 21.5 Å². The van der Waals surface area contributed by atoms with Crippen LogP contribution in [0.2, 0.25) is 0 Å². The maximum atomic E-state index is 14.2. The Morgan fingerprint density at radius 1 is 1.16 bits per heavy atom. The van der Waals surface area contributed by atoms with Crippen LogP contribution < -0.4 is 4.31 Å². The van der Waals surface area contributed by atoms with Gasteiger partial charge in [0.1, 0.15) is 0 Å². The van der Waals surface area contributed by atoms with Gasteiger partial charge in [-0.1, -0.05) is 0 Å². The highest BCUT2D eigenvalue weighted by Crippen LogP contribution is 2.39. The van der Waals surface area contributed by atoms with E-state index >= 15 is 0 Å². The molecule has 2 atom stereocenters. The number of nitrogens with zero attached hydrogens (tertiary/aromatic N) is 3. The highest BCUT2D eigenvalue weighted by molar-refractivity contribution is 7.98. The zero-order chi connectivity index (χ0) is 26.5. The minimum absolute atomic E-state index is 0.250. The van der Waals surface area contributed by atoms with Gasteiger partial charge in [0.25, 0.3) is 0 Å². The number of nitrogens with one attached hydrogen (secondary N) is 1. The third-order valence-corrected chi connectivity index (χ3v) is 10.1. The molecule has 2 aliphatic heterocycles. The van der Waals surface area contributed by atoms with E-state index in [1.165, 1.54) is 12.3 Å². The number of aromatic amines is 1. The first-order valence-electron chi connectivity index (χ1n) is 12.8. The van der Waals surface area contributed by atoms with Crippen molar-refractivity contribution in [2.24, 2.45) is 0 Å². The minimum atomic E-state index is -3.26. The van der Waals surface area contributed by atoms with Crippen molar-refractivity contribution in [2.75, 3.05) is 30.2 Å². The molecule has 0 spiro atoms. The summed E-state index contributed by atoms with van der Waals surface area (Å²) in [7, 11) is -3.26. The summed E-state index contributed by atoms with van der Waals surface area (Å²) in [6, 6.07) is 9.00. The second kappa shape index (κ2) is 10.2. The second-order valence-corrected chi connectivity index (χ2v) is 13.6. The normalized spacial score (nSPS) is 21.6. The number of sulfone groups is 1. The number of benzene rings is 2. The van der Waals surface area contributed by atoms with Crippen LogP contribution in [0.3, 0.4) is 0 Å². The molecule has 1 aromatic heterocycles. The molecular formula is C27H34F2N4O2S2. The summed E-state index contributed by atoms with van der Waals surface area (Å²) in [4.78, 5) is 5.79. The van der Waals surface area contributed by atoms with E-state index < -0.39 is 21.5 Å². The molecule has 0 saturated carbocycles. The number of halogens is 2. The molecule has 2 aromatic carbocycles. The number of hydrogen-bond donors (Lipinski definition) is 1. The van der Waals surface area contributed by atoms with Crippen LogP contribution in [0.4, 0.5) is 14.5 Å². The fourth-order valence-corrected chi connectivity index (χ4v) is 7.26. The summed E-state index contributed by atoms with van der Waals surface area (Å²) in [5, 5.41) is 0.771. The Balaban J connectivity index is 1.28. The summed E-state index contributed by atoms with van der Waals surface area (Å²) in [6.07, 6.45) is 4.99. The molecule has 3 aromatic rings. The van der Waals surface area contributed by atoms with Crippen molar-refractivity contribution in [2.45, 2.75) is 63.1 Å². The fraction of sp³-hybridized carbons (Fsp3) is 0.481. The first kappa shape index (κ1) is 26.5. The Kier molecular flexibility index (Phi) is 7.30. The highest BCUT2D eigenvalue weighted by atomic mass is 32.2. The molecule has 0 bridgehead atoms. The standard InChI is InChI=1S/C27H34F2N4O2S2/c1-17(2)33-16-20-14-21(37(4,34)35)5-8-25(20)32(36-33)12-11-31-10-9-19(13-18(31)3)23-15-30-27-22(23)6-7-24(28)26(27)29/h5-8,14-15,17-19,30H,9-13,16H2,1-4H3/t18-,19+/m0/s1. The van der Waals surface area contributed by atoms with Crippen LogP contribution >= 0.6 is 12.1 Å². The van der Waals surface area contributed by atoms with Crippen LogP contribution in [0, 0.1) is 11.6 Å². The number of piperidine rings is 1. The molecule has 0 unspecified atom stereocenters. The Labute approximate surface area is 222 Å². The number of likely N-dealkylation sites (tertiary alicyclic amines) is 1. The summed E-state index contributed by atoms with van der Waals surface area (Å²) in [5.74, 6) is -1.35. The molecule has 1 N–H and O–H groups in total. The Morgan fingerprint density at radius 3 is 2.65 bits per heavy atom. The number of aromatic nitrogens is 1. The SMILES string of the molecule is CC(C)N1Cc2cc(S(C)(=O)=O)ccc2N(CCN2CC[C@@H](c3c[nH]c4c(F)c(F)ccc34)C[C@@H]2C)S1. The van der Waals surface area contributed by atoms with Crippen LogP contribution in [-0.4, -0.2) is 60.6 Å². The summed E-state index contributed by atoms with van der Waals surface area (Å²) >= 11 is 1.71. The van der Waals surface area contributed by atoms with Gasteiger partial charge in [0.2, 0.25) is 0 Å². The van der Waals surface area contributed by atoms with Crippen molar-refractivity contribution in [1.82, 2.24) is 14.2 Å². The van der Waals surface area contributed by atoms with Crippen molar-refractivity contribution >= 4 is 38.6 Å². The lowest BCUT2D eigenvalue weighted by molar-refractivity contribution is 0.151. The number of anilines is 1. The summed E-state index contributed by atoms with van der Waals surface area (Å²) < 4.78 is 56.7. The predicted octanol–water partition coefficient (Wildman–Crippen LogP) is 5.71. The van der Waals surface area contributed by atoms with Crippen molar-refractivity contribution in [3.8, 4) is 0 Å². The van der Waals surface area contributed by atoms with E-state index in [0.717, 1.165) is 54.7 Å². The topological polar surface area (TPSA) is 59.7 Å². The van der Waals surface area contributed by atoms with Gasteiger partial charge in [0, 0.05) is 61.7 Å². The number of hydrogen-bond acceptors (Lipinski definition) is 6. The van der Waals surface area contributed by atoms with E-state index in [9.17, 15) is 17.2 Å². The van der Waals surface area contributed by atoms with E-state index in [2.05, 4.69) is 39.3 Å². The van der Waals surface area contributed by atoms with E-state index in [1.807, 2.05) is 18.3 Å². The molecule has 200 valence electrons. The van der Waals surface area contributed by atoms with Gasteiger partial charge >= 0.3 is 0 Å². The first-order chi connectivity index (χ1) is 17.5. The van der Waals surface area contributed by atoms with Gasteiger partial charge in [-0.2, -0.15) is 0 Å². The van der Waals surface area contributed by atoms with Crippen molar-refractivity contribution in [3.63, 3.8) is 0 Å². The molecule has 3 heterocycles. The van der Waals surface area contributed by atoms with Gasteiger partial charge in [-0.15, -0.1) is 0 Å². The van der Waals surface area contributed by atoms with E-state index in [1.54, 1.807) is 24.3 Å². The van der Waals surface area contributed by atoms with Crippen LogP contribution in [0.15, 0.2) is 41.4 Å². The molecule has 1 saturated heterocycles. The maximum absolute atomic E-state index is 14.2. The fourth-order valence-electron chi connectivity index (χ4n) is 5.52. The number of H-pyrrole nitrogens is 1. The lowest BCUT2D eigenvalue weighted by Gasteiger charge is -2.42. The smallest absolute Gasteiger partial charge is 0.182 e. The monoisotopic (exact) mass is 548 g/mol. The lowest BCUT2D eigenvalue weighted by atomic mass is 9.85. The Morgan fingerprint density at radius 2 is 1.95 bits per heavy atom. The molecule has 0 amide bonds. The Bertz CT molecular complexity index is 1410. The largest absolute Gasteiger partial charge is 0.358 e. The molecule has 5 rings (SSSR count). The van der Waals surface area contributed by atoms with E-state index in [4.69, 9.17) is 0 Å². The molecule has 2 aliphatic rings. The first-order valence-corrected chi connectivity index (χ1v) is 15.4. The molecule has 10 heteroatoms. The third-order valence-electron chi connectivity index (χ3n) is 7.68. The molecule has 6 nitrogen and oxygen atoms in total. The second-order valence-electron chi connectivity index (χ2n) is 10.5. The van der Waals surface area contributed by atoms with E-state index in [0.29, 0.717) is 29.4 Å². The van der Waals surface area contributed by atoms with Crippen LogP contribution in [-0.2, 0) is 16.4 Å². The van der Waals surface area contributed by atoms with Crippen LogP contribution in [0.25, 0.3) is 10.9 Å². The zero-order valence-corrected chi connectivity index (χ0v) is 23.3. The van der Waals surface area contributed by atoms with Gasteiger partial charge in [-0.3, -0.25) is 4.90 Å². The van der Waals surface area contributed by atoms with Crippen molar-refractivity contribution in [3.05, 3.63) is 59.3 Å². The van der Waals surface area contributed by atoms with Gasteiger partial charge < -0.3 is 9.29 Å². The Hall–Kier alpha value is -2.14. The molecule has 37 heavy (non-hydrogen) atoms. The zero-order valence-electron chi connectivity index (χ0n) is 21.7. The van der Waals surface area contributed by atoms with Crippen LogP contribution in [0.5, 0.6) is 0 Å². The van der Waals surface area contributed by atoms with Gasteiger partial charge in [0.15, 0.2) is 21.5 Å². The number of rotatable bonds is 6. The summed E-state index contributed by atoms with van der Waals surface area (Å²) in [6.45, 7) is 9.85. The molecule has 0 aliphatic carbocycles. The highest BCUT2D eigenvalue weighted by Gasteiger charge is 2.31. The van der Waals surface area contributed by atoms with Gasteiger partial charge in [0.05, 0.1) is 16.1 Å². The average molecular weight is 549 g/mol. The summed E-state index contributed by atoms with van der Waals surface area (Å²) in [5.41, 5.74) is 3.42. The maximum Gasteiger partial charge on any atom is 0.182 e. The van der Waals surface area contributed by atoms with Crippen LogP contribution in [0.1, 0.15) is 50.7 Å². The quantitative estimate of drug-likeness (QED) is 0.398. The lowest BCUT2D eigenvalue weighted by Crippen LogP contribution is -2.45. The van der Waals surface area contributed by atoms with Crippen molar-refractivity contribution < 1.29 is 17.2 Å². The predicted molar refractivity (Wildman–Crippen MR) is 146 cm³/mol. The third kappa shape index (κ3) is 5.26. The molecular weight excluding hydrogens is 514 g/mol. The average Bonchev–Trinajstić information content (AvgIpc) is 3.29.